The maximum Gasteiger partial charge on any atom is 0.194 e. The SMILES string of the molecule is C#CCN(OCC=C)C(=S)Cl. The minimum Gasteiger partial charge on any atom is -0.267 e. The Labute approximate surface area is 76.7 Å². The van der Waals surface area contributed by atoms with Gasteiger partial charge in [0.25, 0.3) is 0 Å². The number of rotatable bonds is 4. The first-order chi connectivity index (χ1) is 5.22. The third-order valence-electron chi connectivity index (χ3n) is 0.779. The van der Waals surface area contributed by atoms with Crippen LogP contribution in [0, 0.1) is 12.3 Å². The Hall–Kier alpha value is -0.560. The van der Waals surface area contributed by atoms with Crippen molar-refractivity contribution in [1.82, 2.24) is 5.06 Å². The van der Waals surface area contributed by atoms with Gasteiger partial charge in [0.05, 0.1) is 6.61 Å². The van der Waals surface area contributed by atoms with Crippen LogP contribution in [0.2, 0.25) is 0 Å². The summed E-state index contributed by atoms with van der Waals surface area (Å²) in [6.07, 6.45) is 6.61. The normalized spacial score (nSPS) is 8.36. The van der Waals surface area contributed by atoms with E-state index in [-0.39, 0.29) is 11.0 Å². The van der Waals surface area contributed by atoms with Gasteiger partial charge in [-0.1, -0.05) is 12.0 Å². The van der Waals surface area contributed by atoms with Crippen LogP contribution < -0.4 is 0 Å². The lowest BCUT2D eigenvalue weighted by Gasteiger charge is -2.16. The maximum atomic E-state index is 5.46. The molecule has 0 aliphatic rings. The molecule has 4 heteroatoms. The Kier molecular flexibility index (Phi) is 5.86. The molecule has 0 rings (SSSR count). The van der Waals surface area contributed by atoms with Gasteiger partial charge in [0.1, 0.15) is 6.54 Å². The Morgan fingerprint density at radius 3 is 2.91 bits per heavy atom. The molecular formula is C7H8ClNOS. The van der Waals surface area contributed by atoms with E-state index in [0.717, 1.165) is 0 Å². The lowest BCUT2D eigenvalue weighted by atomic mass is 10.7. The molecule has 0 N–H and O–H groups in total. The summed E-state index contributed by atoms with van der Waals surface area (Å²) in [5.41, 5.74) is 0. The van der Waals surface area contributed by atoms with Gasteiger partial charge in [0.15, 0.2) is 4.45 Å². The van der Waals surface area contributed by atoms with E-state index in [1.54, 1.807) is 6.08 Å². The number of hydroxylamine groups is 2. The summed E-state index contributed by atoms with van der Waals surface area (Å²) >= 11 is 10.1. The molecule has 2 nitrogen and oxygen atoms in total. The highest BCUT2D eigenvalue weighted by atomic mass is 35.5. The molecule has 0 unspecified atom stereocenters. The van der Waals surface area contributed by atoms with Crippen molar-refractivity contribution in [2.24, 2.45) is 0 Å². The van der Waals surface area contributed by atoms with E-state index in [1.165, 1.54) is 5.06 Å². The van der Waals surface area contributed by atoms with Gasteiger partial charge in [-0.25, -0.2) is 5.06 Å². The smallest absolute Gasteiger partial charge is 0.194 e. The molecule has 0 spiro atoms. The molecule has 0 aromatic rings. The van der Waals surface area contributed by atoms with Crippen LogP contribution in [-0.2, 0) is 4.84 Å². The fraction of sp³-hybridized carbons (Fsp3) is 0.286. The molecule has 0 aromatic carbocycles. The number of hydrogen-bond donors (Lipinski definition) is 0. The van der Waals surface area contributed by atoms with Gasteiger partial charge in [-0.2, -0.15) is 0 Å². The Balaban J connectivity index is 3.80. The molecule has 0 heterocycles. The van der Waals surface area contributed by atoms with Crippen LogP contribution >= 0.6 is 23.8 Å². The average molecular weight is 190 g/mol. The molecule has 0 saturated carbocycles. The molecule has 0 aliphatic heterocycles. The highest BCUT2D eigenvalue weighted by molar-refractivity contribution is 7.83. The molecule has 0 aliphatic carbocycles. The molecule has 0 fully saturated rings. The van der Waals surface area contributed by atoms with E-state index in [4.69, 9.17) is 22.9 Å². The third kappa shape index (κ3) is 4.79. The zero-order chi connectivity index (χ0) is 8.69. The predicted molar refractivity (Wildman–Crippen MR) is 50.1 cm³/mol. The van der Waals surface area contributed by atoms with Gasteiger partial charge in [-0.15, -0.1) is 13.0 Å². The van der Waals surface area contributed by atoms with E-state index < -0.39 is 0 Å². The van der Waals surface area contributed by atoms with Crippen molar-refractivity contribution in [1.29, 1.82) is 0 Å². The fourth-order valence-corrected chi connectivity index (χ4v) is 0.610. The van der Waals surface area contributed by atoms with Crippen LogP contribution in [-0.4, -0.2) is 22.7 Å². The van der Waals surface area contributed by atoms with Crippen molar-refractivity contribution < 1.29 is 4.84 Å². The number of thiocarbonyl (C=S) groups is 1. The second-order valence-electron chi connectivity index (χ2n) is 1.58. The molecule has 60 valence electrons. The fourth-order valence-electron chi connectivity index (χ4n) is 0.384. The summed E-state index contributed by atoms with van der Waals surface area (Å²) < 4.78 is 0.102. The van der Waals surface area contributed by atoms with Crippen molar-refractivity contribution in [2.45, 2.75) is 0 Å². The zero-order valence-corrected chi connectivity index (χ0v) is 7.49. The monoisotopic (exact) mass is 189 g/mol. The standard InChI is InChI=1S/C7H8ClNOS/c1-3-5-9(7(8)11)10-6-4-2/h1,4H,2,5-6H2. The van der Waals surface area contributed by atoms with Crippen LogP contribution in [0.1, 0.15) is 0 Å². The van der Waals surface area contributed by atoms with Crippen LogP contribution in [0.4, 0.5) is 0 Å². The first-order valence-electron chi connectivity index (χ1n) is 2.86. The van der Waals surface area contributed by atoms with Crippen LogP contribution in [0.5, 0.6) is 0 Å². The highest BCUT2D eigenvalue weighted by Crippen LogP contribution is 1.97. The lowest BCUT2D eigenvalue weighted by Crippen LogP contribution is -2.26. The van der Waals surface area contributed by atoms with Crippen LogP contribution in [0.15, 0.2) is 12.7 Å². The molecule has 0 bridgehead atoms. The first-order valence-corrected chi connectivity index (χ1v) is 3.65. The van der Waals surface area contributed by atoms with E-state index in [1.807, 2.05) is 0 Å². The third-order valence-corrected chi connectivity index (χ3v) is 1.17. The van der Waals surface area contributed by atoms with E-state index in [0.29, 0.717) is 6.61 Å². The minimum atomic E-state index is 0.102. The largest absolute Gasteiger partial charge is 0.267 e. The van der Waals surface area contributed by atoms with Gasteiger partial charge >= 0.3 is 0 Å². The molecule has 0 saturated heterocycles. The quantitative estimate of drug-likeness (QED) is 0.166. The molecule has 0 aromatic heterocycles. The minimum absolute atomic E-state index is 0.102. The van der Waals surface area contributed by atoms with E-state index in [2.05, 4.69) is 24.7 Å². The van der Waals surface area contributed by atoms with Crippen molar-refractivity contribution in [3.05, 3.63) is 12.7 Å². The molecule has 0 radical (unpaired) electrons. The predicted octanol–water partition coefficient (Wildman–Crippen LogP) is 1.56. The van der Waals surface area contributed by atoms with Crippen LogP contribution in [0.25, 0.3) is 0 Å². The van der Waals surface area contributed by atoms with Crippen molar-refractivity contribution >= 4 is 28.3 Å². The lowest BCUT2D eigenvalue weighted by molar-refractivity contribution is -0.0702. The van der Waals surface area contributed by atoms with Gasteiger partial charge in [-0.05, 0) is 23.8 Å². The van der Waals surface area contributed by atoms with E-state index >= 15 is 0 Å². The number of terminal acetylenes is 1. The van der Waals surface area contributed by atoms with E-state index in [9.17, 15) is 0 Å². The Bertz CT molecular complexity index is 187. The molecule has 11 heavy (non-hydrogen) atoms. The molecule has 0 atom stereocenters. The van der Waals surface area contributed by atoms with Gasteiger partial charge < -0.3 is 0 Å². The summed E-state index contributed by atoms with van der Waals surface area (Å²) in [7, 11) is 0. The summed E-state index contributed by atoms with van der Waals surface area (Å²) in [6, 6.07) is 0. The molecular weight excluding hydrogens is 182 g/mol. The maximum absolute atomic E-state index is 5.46. The Morgan fingerprint density at radius 2 is 2.55 bits per heavy atom. The second kappa shape index (κ2) is 6.17. The molecule has 0 amide bonds. The number of halogens is 1. The zero-order valence-electron chi connectivity index (χ0n) is 5.92. The van der Waals surface area contributed by atoms with Gasteiger partial charge in [-0.3, -0.25) is 4.84 Å². The average Bonchev–Trinajstić information content (AvgIpc) is 1.97. The summed E-state index contributed by atoms with van der Waals surface area (Å²) in [5.74, 6) is 2.35. The van der Waals surface area contributed by atoms with Gasteiger partial charge in [0.2, 0.25) is 0 Å². The van der Waals surface area contributed by atoms with Crippen molar-refractivity contribution in [3.63, 3.8) is 0 Å². The summed E-state index contributed by atoms with van der Waals surface area (Å²) in [5, 5.41) is 1.25. The summed E-state index contributed by atoms with van der Waals surface area (Å²) in [6.45, 7) is 4.05. The van der Waals surface area contributed by atoms with Crippen LogP contribution in [0.3, 0.4) is 0 Å². The topological polar surface area (TPSA) is 12.5 Å². The number of hydrogen-bond acceptors (Lipinski definition) is 2. The first kappa shape index (κ1) is 10.4. The van der Waals surface area contributed by atoms with Crippen molar-refractivity contribution in [3.8, 4) is 12.3 Å². The van der Waals surface area contributed by atoms with Gasteiger partial charge in [0, 0.05) is 0 Å². The second-order valence-corrected chi connectivity index (χ2v) is 2.55. The van der Waals surface area contributed by atoms with Crippen molar-refractivity contribution in [2.75, 3.05) is 13.2 Å². The Morgan fingerprint density at radius 1 is 1.91 bits per heavy atom. The summed E-state index contributed by atoms with van der Waals surface area (Å²) in [4.78, 5) is 4.99. The highest BCUT2D eigenvalue weighted by Gasteiger charge is 2.03. The number of nitrogens with zero attached hydrogens (tertiary/aromatic N) is 1.